The van der Waals surface area contributed by atoms with E-state index in [0.29, 0.717) is 12.4 Å². The smallest absolute Gasteiger partial charge is 0.226 e. The number of rotatable bonds is 8. The van der Waals surface area contributed by atoms with E-state index in [4.69, 9.17) is 4.74 Å². The summed E-state index contributed by atoms with van der Waals surface area (Å²) in [7, 11) is 0. The number of benzene rings is 1. The fourth-order valence-corrected chi connectivity index (χ4v) is 4.48. The van der Waals surface area contributed by atoms with Gasteiger partial charge in [0.1, 0.15) is 11.1 Å². The van der Waals surface area contributed by atoms with Crippen LogP contribution in [0.2, 0.25) is 0 Å². The molecule has 30 heavy (non-hydrogen) atoms. The van der Waals surface area contributed by atoms with Gasteiger partial charge >= 0.3 is 0 Å². The molecule has 4 rings (SSSR count). The Morgan fingerprint density at radius 3 is 2.77 bits per heavy atom. The molecule has 5 nitrogen and oxygen atoms in total. The van der Waals surface area contributed by atoms with Crippen LogP contribution in [-0.2, 0) is 24.2 Å². The lowest BCUT2D eigenvalue weighted by Gasteiger charge is -2.15. The van der Waals surface area contributed by atoms with Crippen molar-refractivity contribution in [2.45, 2.75) is 58.1 Å². The van der Waals surface area contributed by atoms with E-state index < -0.39 is 0 Å². The highest BCUT2D eigenvalue weighted by Gasteiger charge is 2.19. The molecule has 156 valence electrons. The molecule has 3 aromatic rings. The first-order chi connectivity index (χ1) is 14.7. The molecular formula is C24H27N3O2S. The third-order valence-electron chi connectivity index (χ3n) is 5.41. The fourth-order valence-electron chi connectivity index (χ4n) is 3.65. The van der Waals surface area contributed by atoms with Gasteiger partial charge in [-0.25, -0.2) is 9.97 Å². The van der Waals surface area contributed by atoms with Gasteiger partial charge in [-0.2, -0.15) is 0 Å². The first-order valence-corrected chi connectivity index (χ1v) is 11.5. The average Bonchev–Trinajstić information content (AvgIpc) is 3.45. The monoisotopic (exact) mass is 421 g/mol. The predicted octanol–water partition coefficient (Wildman–Crippen LogP) is 4.95. The Kier molecular flexibility index (Phi) is 6.74. The Bertz CT molecular complexity index is 978. The highest BCUT2D eigenvalue weighted by atomic mass is 32.1. The number of pyridine rings is 1. The minimum atomic E-state index is -0.0520. The van der Waals surface area contributed by atoms with Gasteiger partial charge in [-0.3, -0.25) is 4.79 Å². The summed E-state index contributed by atoms with van der Waals surface area (Å²) in [5.74, 6) is 0.583. The lowest BCUT2D eigenvalue weighted by atomic mass is 10.1. The molecule has 0 saturated heterocycles. The van der Waals surface area contributed by atoms with Crippen molar-refractivity contribution in [1.29, 1.82) is 0 Å². The molecule has 2 aromatic heterocycles. The van der Waals surface area contributed by atoms with Crippen molar-refractivity contribution in [3.05, 3.63) is 64.8 Å². The number of hydrogen-bond donors (Lipinski definition) is 1. The molecule has 0 unspecified atom stereocenters. The molecule has 1 fully saturated rings. The maximum atomic E-state index is 12.5. The van der Waals surface area contributed by atoms with Gasteiger partial charge in [0.2, 0.25) is 11.8 Å². The Morgan fingerprint density at radius 2 is 2.00 bits per heavy atom. The normalized spacial score (nSPS) is 14.0. The predicted molar refractivity (Wildman–Crippen MR) is 120 cm³/mol. The topological polar surface area (TPSA) is 64.1 Å². The molecule has 1 aliphatic rings. The molecule has 6 heteroatoms. The summed E-state index contributed by atoms with van der Waals surface area (Å²) in [6, 6.07) is 12.3. The van der Waals surface area contributed by atoms with Gasteiger partial charge < -0.3 is 10.1 Å². The standard InChI is InChI=1S/C24H27N3O2S/c1-2-17-9-11-18(12-10-17)24-27-20(16-30-24)14-22(28)26-15-19-6-5-13-25-23(19)29-21-7-3-4-8-21/h5-6,9-13,16,21H,2-4,7-8,14-15H2,1H3,(H,26,28). The summed E-state index contributed by atoms with van der Waals surface area (Å²) in [4.78, 5) is 21.5. The molecule has 1 amide bonds. The van der Waals surface area contributed by atoms with Gasteiger partial charge in [-0.1, -0.05) is 37.3 Å². The van der Waals surface area contributed by atoms with E-state index in [1.165, 1.54) is 18.4 Å². The largest absolute Gasteiger partial charge is 0.474 e. The average molecular weight is 422 g/mol. The van der Waals surface area contributed by atoms with Gasteiger partial charge in [0.05, 0.1) is 12.1 Å². The SMILES string of the molecule is CCc1ccc(-c2nc(CC(=O)NCc3cccnc3OC3CCCC3)cs2)cc1. The van der Waals surface area contributed by atoms with Crippen LogP contribution in [0.25, 0.3) is 10.6 Å². The second-order valence-corrected chi connectivity index (χ2v) is 8.50. The molecule has 0 aliphatic heterocycles. The van der Waals surface area contributed by atoms with Crippen molar-refractivity contribution in [1.82, 2.24) is 15.3 Å². The number of ether oxygens (including phenoxy) is 1. The Morgan fingerprint density at radius 1 is 1.20 bits per heavy atom. The van der Waals surface area contributed by atoms with Crippen LogP contribution in [0, 0.1) is 0 Å². The zero-order chi connectivity index (χ0) is 20.8. The van der Waals surface area contributed by atoms with Crippen LogP contribution < -0.4 is 10.1 Å². The molecule has 0 radical (unpaired) electrons. The lowest BCUT2D eigenvalue weighted by Crippen LogP contribution is -2.25. The second-order valence-electron chi connectivity index (χ2n) is 7.64. The minimum Gasteiger partial charge on any atom is -0.474 e. The zero-order valence-electron chi connectivity index (χ0n) is 17.3. The number of aromatic nitrogens is 2. The van der Waals surface area contributed by atoms with Gasteiger partial charge in [-0.05, 0) is 43.7 Å². The number of nitrogens with one attached hydrogen (secondary N) is 1. The fraction of sp³-hybridized carbons (Fsp3) is 0.375. The van der Waals surface area contributed by atoms with Crippen molar-refractivity contribution < 1.29 is 9.53 Å². The molecule has 1 N–H and O–H groups in total. The van der Waals surface area contributed by atoms with Crippen LogP contribution in [0.1, 0.15) is 49.4 Å². The maximum absolute atomic E-state index is 12.5. The third kappa shape index (κ3) is 5.25. The Labute approximate surface area is 181 Å². The number of thiazole rings is 1. The summed E-state index contributed by atoms with van der Waals surface area (Å²) in [5.41, 5.74) is 4.10. The number of carbonyl (C=O) groups is 1. The molecule has 0 atom stereocenters. The summed E-state index contributed by atoms with van der Waals surface area (Å²) in [6.07, 6.45) is 7.85. The van der Waals surface area contributed by atoms with Gasteiger partial charge in [0, 0.05) is 29.2 Å². The maximum Gasteiger partial charge on any atom is 0.226 e. The van der Waals surface area contributed by atoms with E-state index in [1.807, 2.05) is 17.5 Å². The lowest BCUT2D eigenvalue weighted by molar-refractivity contribution is -0.120. The third-order valence-corrected chi connectivity index (χ3v) is 6.35. The number of nitrogens with zero attached hydrogens (tertiary/aromatic N) is 2. The van der Waals surface area contributed by atoms with E-state index >= 15 is 0 Å². The molecule has 1 aliphatic carbocycles. The van der Waals surface area contributed by atoms with E-state index in [-0.39, 0.29) is 18.4 Å². The van der Waals surface area contributed by atoms with Crippen molar-refractivity contribution in [3.63, 3.8) is 0 Å². The number of amides is 1. The van der Waals surface area contributed by atoms with Crippen LogP contribution >= 0.6 is 11.3 Å². The summed E-state index contributed by atoms with van der Waals surface area (Å²) >= 11 is 1.57. The highest BCUT2D eigenvalue weighted by molar-refractivity contribution is 7.13. The zero-order valence-corrected chi connectivity index (χ0v) is 18.1. The van der Waals surface area contributed by atoms with E-state index in [2.05, 4.69) is 46.5 Å². The summed E-state index contributed by atoms with van der Waals surface area (Å²) in [6.45, 7) is 2.55. The van der Waals surface area contributed by atoms with Crippen LogP contribution in [0.4, 0.5) is 0 Å². The molecular weight excluding hydrogens is 394 g/mol. The number of hydrogen-bond acceptors (Lipinski definition) is 5. The number of aryl methyl sites for hydroxylation is 1. The molecule has 0 spiro atoms. The van der Waals surface area contributed by atoms with Crippen LogP contribution in [-0.4, -0.2) is 22.0 Å². The highest BCUT2D eigenvalue weighted by Crippen LogP contribution is 2.26. The van der Waals surface area contributed by atoms with Crippen molar-refractivity contribution >= 4 is 17.2 Å². The van der Waals surface area contributed by atoms with E-state index in [0.717, 1.165) is 41.1 Å². The number of carbonyl (C=O) groups excluding carboxylic acids is 1. The van der Waals surface area contributed by atoms with Crippen molar-refractivity contribution in [2.24, 2.45) is 0 Å². The molecule has 0 bridgehead atoms. The van der Waals surface area contributed by atoms with Gasteiger partial charge in [0.15, 0.2) is 0 Å². The Hall–Kier alpha value is -2.73. The summed E-state index contributed by atoms with van der Waals surface area (Å²) in [5, 5.41) is 5.89. The first-order valence-electron chi connectivity index (χ1n) is 10.6. The minimum absolute atomic E-state index is 0.0520. The van der Waals surface area contributed by atoms with E-state index in [1.54, 1.807) is 17.5 Å². The van der Waals surface area contributed by atoms with Crippen molar-refractivity contribution in [3.8, 4) is 16.5 Å². The molecule has 1 saturated carbocycles. The quantitative estimate of drug-likeness (QED) is 0.559. The van der Waals surface area contributed by atoms with Gasteiger partial charge in [0.25, 0.3) is 0 Å². The molecule has 2 heterocycles. The van der Waals surface area contributed by atoms with Gasteiger partial charge in [-0.15, -0.1) is 11.3 Å². The van der Waals surface area contributed by atoms with Crippen LogP contribution in [0.5, 0.6) is 5.88 Å². The Balaban J connectivity index is 1.33. The van der Waals surface area contributed by atoms with Crippen molar-refractivity contribution in [2.75, 3.05) is 0 Å². The summed E-state index contributed by atoms with van der Waals surface area (Å²) < 4.78 is 6.05. The first kappa shape index (κ1) is 20.5. The van der Waals surface area contributed by atoms with Crippen LogP contribution in [0.15, 0.2) is 48.0 Å². The molecule has 1 aromatic carbocycles. The van der Waals surface area contributed by atoms with E-state index in [9.17, 15) is 4.79 Å². The second kappa shape index (κ2) is 9.85. The van der Waals surface area contributed by atoms with Crippen LogP contribution in [0.3, 0.4) is 0 Å².